The standard InChI is InChI=1S/C23H27N7O2S/c1-23(2)13-15-5-4-11-24-17-6-3-7-20(25-17)33-28-22(32)16-8-9-18(26-21(16)29(23)14-15)30-12-10-19(31)27-30/h3,6-10,12,15H,4-5,11,13-14H2,1-2H3,(H,24,25)(H,27,31)(H,28,32)/t15-/m0/s1. The molecule has 1 amide bonds. The van der Waals surface area contributed by atoms with E-state index >= 15 is 0 Å². The second-order valence-electron chi connectivity index (χ2n) is 9.16. The number of hydrogen-bond donors (Lipinski definition) is 3. The molecule has 0 aromatic carbocycles. The van der Waals surface area contributed by atoms with Gasteiger partial charge in [-0.05, 0) is 63.3 Å². The van der Waals surface area contributed by atoms with Gasteiger partial charge >= 0.3 is 0 Å². The zero-order chi connectivity index (χ0) is 23.0. The van der Waals surface area contributed by atoms with Crippen LogP contribution in [-0.2, 0) is 0 Å². The molecule has 0 unspecified atom stereocenters. The molecule has 10 heteroatoms. The van der Waals surface area contributed by atoms with E-state index in [-0.39, 0.29) is 17.0 Å². The van der Waals surface area contributed by atoms with Gasteiger partial charge in [-0.15, -0.1) is 0 Å². The maximum atomic E-state index is 13.3. The maximum absolute atomic E-state index is 13.3. The predicted octanol–water partition coefficient (Wildman–Crippen LogP) is 3.20. The van der Waals surface area contributed by atoms with Gasteiger partial charge in [0.15, 0.2) is 5.82 Å². The Balaban J connectivity index is 1.56. The third kappa shape index (κ3) is 4.47. The number of rotatable bonds is 1. The monoisotopic (exact) mass is 465 g/mol. The highest BCUT2D eigenvalue weighted by Gasteiger charge is 2.40. The number of carbonyl (C=O) groups is 1. The van der Waals surface area contributed by atoms with Gasteiger partial charge < -0.3 is 10.2 Å². The van der Waals surface area contributed by atoms with Crippen molar-refractivity contribution in [3.05, 3.63) is 58.5 Å². The van der Waals surface area contributed by atoms with Gasteiger partial charge in [-0.1, -0.05) is 6.07 Å². The molecule has 3 aromatic heterocycles. The van der Waals surface area contributed by atoms with Crippen LogP contribution in [0.2, 0.25) is 0 Å². The molecule has 2 aliphatic rings. The molecule has 33 heavy (non-hydrogen) atoms. The Morgan fingerprint density at radius 2 is 2.00 bits per heavy atom. The van der Waals surface area contributed by atoms with E-state index < -0.39 is 0 Å². The molecule has 0 radical (unpaired) electrons. The summed E-state index contributed by atoms with van der Waals surface area (Å²) < 4.78 is 4.50. The van der Waals surface area contributed by atoms with Gasteiger partial charge in [0.1, 0.15) is 16.7 Å². The zero-order valence-electron chi connectivity index (χ0n) is 18.7. The second kappa shape index (κ2) is 8.58. The number of nitrogens with one attached hydrogen (secondary N) is 3. The van der Waals surface area contributed by atoms with Gasteiger partial charge in [-0.25, -0.2) is 14.6 Å². The molecule has 0 saturated carbocycles. The third-order valence-electron chi connectivity index (χ3n) is 6.24. The Morgan fingerprint density at radius 1 is 1.12 bits per heavy atom. The fourth-order valence-corrected chi connectivity index (χ4v) is 5.31. The number of pyridine rings is 2. The molecule has 0 spiro atoms. The highest BCUT2D eigenvalue weighted by Crippen LogP contribution is 2.39. The summed E-state index contributed by atoms with van der Waals surface area (Å²) in [5, 5.41) is 6.83. The minimum atomic E-state index is -0.232. The number of fused-ring (bicyclic) bond motifs is 6. The smallest absolute Gasteiger partial charge is 0.265 e. The number of nitrogens with zero attached hydrogens (tertiary/aromatic N) is 4. The van der Waals surface area contributed by atoms with Gasteiger partial charge in [-0.3, -0.25) is 19.4 Å². The summed E-state index contributed by atoms with van der Waals surface area (Å²) >= 11 is 1.19. The molecule has 0 aliphatic carbocycles. The lowest BCUT2D eigenvalue weighted by molar-refractivity contribution is 0.0984. The van der Waals surface area contributed by atoms with E-state index in [4.69, 9.17) is 4.98 Å². The first-order chi connectivity index (χ1) is 15.9. The predicted molar refractivity (Wildman–Crippen MR) is 129 cm³/mol. The number of anilines is 2. The van der Waals surface area contributed by atoms with Crippen molar-refractivity contribution in [2.24, 2.45) is 5.92 Å². The molecule has 3 aromatic rings. The van der Waals surface area contributed by atoms with Gasteiger partial charge in [0.25, 0.3) is 11.5 Å². The fourth-order valence-electron chi connectivity index (χ4n) is 4.71. The number of H-pyrrole nitrogens is 1. The van der Waals surface area contributed by atoms with Crippen molar-refractivity contribution in [1.82, 2.24) is 24.5 Å². The molecule has 4 bridgehead atoms. The molecule has 1 fully saturated rings. The molecule has 1 saturated heterocycles. The zero-order valence-corrected chi connectivity index (χ0v) is 19.5. The highest BCUT2D eigenvalue weighted by molar-refractivity contribution is 7.97. The minimum absolute atomic E-state index is 0.154. The van der Waals surface area contributed by atoms with Gasteiger partial charge in [-0.2, -0.15) is 0 Å². The first kappa shape index (κ1) is 21.6. The van der Waals surface area contributed by atoms with E-state index in [9.17, 15) is 9.59 Å². The number of aromatic amines is 1. The summed E-state index contributed by atoms with van der Waals surface area (Å²) in [6.45, 7) is 6.08. The van der Waals surface area contributed by atoms with E-state index in [1.54, 1.807) is 23.0 Å². The molecule has 172 valence electrons. The van der Waals surface area contributed by atoms with Crippen molar-refractivity contribution < 1.29 is 4.79 Å². The van der Waals surface area contributed by atoms with Crippen LogP contribution in [0, 0.1) is 5.92 Å². The van der Waals surface area contributed by atoms with E-state index in [2.05, 4.69) is 38.9 Å². The second-order valence-corrected chi connectivity index (χ2v) is 9.99. The topological polar surface area (TPSA) is 108 Å². The quantitative estimate of drug-likeness (QED) is 0.474. The largest absolute Gasteiger partial charge is 0.370 e. The van der Waals surface area contributed by atoms with Crippen LogP contribution in [0.25, 0.3) is 5.82 Å². The molecule has 3 N–H and O–H groups in total. The van der Waals surface area contributed by atoms with Crippen LogP contribution in [0.4, 0.5) is 11.6 Å². The molecule has 2 aliphatic heterocycles. The Kier molecular flexibility index (Phi) is 5.61. The van der Waals surface area contributed by atoms with Gasteiger partial charge in [0.05, 0.1) is 5.56 Å². The summed E-state index contributed by atoms with van der Waals surface area (Å²) in [6.07, 6.45) is 4.77. The third-order valence-corrected chi connectivity index (χ3v) is 6.96. The highest BCUT2D eigenvalue weighted by atomic mass is 32.2. The summed E-state index contributed by atoms with van der Waals surface area (Å²) in [5.74, 6) is 2.26. The summed E-state index contributed by atoms with van der Waals surface area (Å²) in [7, 11) is 0. The summed E-state index contributed by atoms with van der Waals surface area (Å²) in [5.41, 5.74) is 0.143. The normalized spacial score (nSPS) is 20.2. The van der Waals surface area contributed by atoms with Crippen molar-refractivity contribution >= 4 is 29.5 Å². The van der Waals surface area contributed by atoms with Crippen LogP contribution < -0.4 is 20.5 Å². The Hall–Kier alpha value is -3.27. The van der Waals surface area contributed by atoms with Crippen molar-refractivity contribution in [2.45, 2.75) is 43.7 Å². The van der Waals surface area contributed by atoms with Crippen molar-refractivity contribution in [3.63, 3.8) is 0 Å². The van der Waals surface area contributed by atoms with E-state index in [0.29, 0.717) is 28.1 Å². The van der Waals surface area contributed by atoms with Gasteiger partial charge in [0.2, 0.25) is 0 Å². The Labute approximate surface area is 196 Å². The Bertz CT molecular complexity index is 1240. The molecular weight excluding hydrogens is 438 g/mol. The first-order valence-electron chi connectivity index (χ1n) is 11.1. The number of amides is 1. The molecule has 5 heterocycles. The first-order valence-corrected chi connectivity index (χ1v) is 12.0. The van der Waals surface area contributed by atoms with Crippen LogP contribution in [0.3, 0.4) is 0 Å². The maximum Gasteiger partial charge on any atom is 0.265 e. The minimum Gasteiger partial charge on any atom is -0.370 e. The Morgan fingerprint density at radius 3 is 2.82 bits per heavy atom. The van der Waals surface area contributed by atoms with Crippen LogP contribution >= 0.6 is 11.9 Å². The lowest BCUT2D eigenvalue weighted by Gasteiger charge is -2.34. The SMILES string of the molecule is CC1(C)C[C@@H]2CCCNc3cccc(n3)SNC(=O)c3ccc(-n4ccc(=O)[nH]4)nc3N1C2. The van der Waals surface area contributed by atoms with Crippen molar-refractivity contribution in [1.29, 1.82) is 0 Å². The van der Waals surface area contributed by atoms with Crippen LogP contribution in [0.15, 0.2) is 52.4 Å². The van der Waals surface area contributed by atoms with Crippen LogP contribution in [0.1, 0.15) is 43.5 Å². The van der Waals surface area contributed by atoms with Crippen LogP contribution in [0.5, 0.6) is 0 Å². The number of hydrogen-bond acceptors (Lipinski definition) is 7. The average Bonchev–Trinajstić information content (AvgIpc) is 3.36. The summed E-state index contributed by atoms with van der Waals surface area (Å²) in [6, 6.07) is 10.7. The lowest BCUT2D eigenvalue weighted by atomic mass is 9.93. The average molecular weight is 466 g/mol. The molecule has 9 nitrogen and oxygen atoms in total. The number of carbonyl (C=O) groups excluding carboxylic acids is 1. The van der Waals surface area contributed by atoms with Crippen molar-refractivity contribution in [2.75, 3.05) is 23.3 Å². The fraction of sp³-hybridized carbons (Fsp3) is 0.391. The molecule has 5 rings (SSSR count). The van der Waals surface area contributed by atoms with Gasteiger partial charge in [0, 0.05) is 42.8 Å². The van der Waals surface area contributed by atoms with E-state index in [0.717, 1.165) is 38.2 Å². The molecular formula is C23H27N7O2S. The summed E-state index contributed by atoms with van der Waals surface area (Å²) in [4.78, 5) is 36.6. The van der Waals surface area contributed by atoms with E-state index in [1.807, 2.05) is 18.2 Å². The van der Waals surface area contributed by atoms with Crippen molar-refractivity contribution in [3.8, 4) is 5.82 Å². The number of aromatic nitrogens is 4. The van der Waals surface area contributed by atoms with Crippen LogP contribution in [-0.4, -0.2) is 44.3 Å². The van der Waals surface area contributed by atoms with E-state index in [1.165, 1.54) is 18.0 Å². The lowest BCUT2D eigenvalue weighted by Crippen LogP contribution is -2.40. The molecule has 1 atom stereocenters.